The molecule has 0 amide bonds. The maximum Gasteiger partial charge on any atom is 0.187 e. The summed E-state index contributed by atoms with van der Waals surface area (Å²) in [5.41, 5.74) is 0.470. The molecule has 50 heavy (non-hydrogen) atoms. The van der Waals surface area contributed by atoms with E-state index in [1.165, 1.54) is 25.7 Å². The quantitative estimate of drug-likeness (QED) is 0.230. The fourth-order valence-electron chi connectivity index (χ4n) is 12.9. The molecule has 286 valence electrons. The molecule has 0 aromatic heterocycles. The van der Waals surface area contributed by atoms with Crippen LogP contribution in [0.5, 0.6) is 0 Å². The number of rotatable bonds is 5. The second kappa shape index (κ2) is 13.4. The molecule has 21 atom stereocenters. The lowest BCUT2D eigenvalue weighted by molar-refractivity contribution is -0.364. The lowest BCUT2D eigenvalue weighted by atomic mass is 9.44. The number of aliphatic hydroxyl groups excluding tert-OH is 6. The highest BCUT2D eigenvalue weighted by atomic mass is 16.8. The van der Waals surface area contributed by atoms with E-state index in [9.17, 15) is 30.6 Å². The first-order valence-corrected chi connectivity index (χ1v) is 19.7. The Hall–Kier alpha value is -0.480. The molecule has 0 radical (unpaired) electrons. The van der Waals surface area contributed by atoms with Crippen molar-refractivity contribution in [2.75, 3.05) is 19.8 Å². The van der Waals surface area contributed by atoms with Crippen molar-refractivity contribution in [2.45, 2.75) is 165 Å². The molecule has 0 aromatic rings. The Balaban J connectivity index is 0.939. The van der Waals surface area contributed by atoms with Gasteiger partial charge in [0.05, 0.1) is 32.0 Å². The van der Waals surface area contributed by atoms with Gasteiger partial charge in [-0.15, -0.1) is 0 Å². The highest BCUT2D eigenvalue weighted by Gasteiger charge is 2.69. The van der Waals surface area contributed by atoms with Crippen LogP contribution in [0.3, 0.4) is 0 Å². The van der Waals surface area contributed by atoms with Gasteiger partial charge in [-0.1, -0.05) is 27.7 Å². The van der Waals surface area contributed by atoms with E-state index < -0.39 is 61.9 Å². The van der Waals surface area contributed by atoms with Gasteiger partial charge >= 0.3 is 0 Å². The molecule has 8 aliphatic rings. The molecule has 0 bridgehead atoms. The molecule has 12 heteroatoms. The van der Waals surface area contributed by atoms with Gasteiger partial charge in [0.2, 0.25) is 0 Å². The van der Waals surface area contributed by atoms with E-state index in [0.29, 0.717) is 41.4 Å². The van der Waals surface area contributed by atoms with Gasteiger partial charge < -0.3 is 59.1 Å². The summed E-state index contributed by atoms with van der Waals surface area (Å²) in [5.74, 6) is 3.65. The third-order valence-electron chi connectivity index (χ3n) is 15.8. The minimum atomic E-state index is -1.58. The highest BCUT2D eigenvalue weighted by Crippen LogP contribution is 2.71. The van der Waals surface area contributed by atoms with Crippen LogP contribution in [-0.4, -0.2) is 124 Å². The first kappa shape index (κ1) is 36.5. The van der Waals surface area contributed by atoms with E-state index >= 15 is 0 Å². The summed E-state index contributed by atoms with van der Waals surface area (Å²) < 4.78 is 37.4. The molecule has 4 saturated carbocycles. The largest absolute Gasteiger partial charge is 0.394 e. The van der Waals surface area contributed by atoms with E-state index in [1.807, 2.05) is 0 Å². The maximum absolute atomic E-state index is 11.1. The van der Waals surface area contributed by atoms with Gasteiger partial charge in [0, 0.05) is 12.3 Å². The normalized spacial score (nSPS) is 59.4. The Morgan fingerprint density at radius 1 is 0.740 bits per heavy atom. The van der Waals surface area contributed by atoms with Crippen molar-refractivity contribution in [1.82, 2.24) is 0 Å². The first-order chi connectivity index (χ1) is 23.8. The molecule has 6 N–H and O–H groups in total. The summed E-state index contributed by atoms with van der Waals surface area (Å²) in [6.07, 6.45) is -1.27. The number of aliphatic hydroxyl groups is 6. The van der Waals surface area contributed by atoms with E-state index in [1.54, 1.807) is 0 Å². The number of fused-ring (bicyclic) bond motifs is 7. The lowest BCUT2D eigenvalue weighted by Crippen LogP contribution is -2.63. The highest BCUT2D eigenvalue weighted by molar-refractivity contribution is 5.15. The average Bonchev–Trinajstić information content (AvgIpc) is 3.54. The second-order valence-corrected chi connectivity index (χ2v) is 18.3. The standard InChI is InChI=1S/C38H62O12/c1-18-7-12-38(46-16-18)19(2)28-26(50-38)14-24-22-6-5-20-13-21(8-10-36(20,3)23(22)9-11-37(24,28)4)47-35-33(31(43)30(42)27(15-39)48-35)49-34-32(44)29(41)25(40)17-45-34/h18-35,39-44H,5-17H2,1-4H3/t18-,19+,20-,21-,22-,23+,24-,25+,26+,27-,28+,29+,30-,31+,32-,33-,34+,35-,36-,37-,38-/m1/s1. The zero-order valence-corrected chi connectivity index (χ0v) is 30.2. The molecule has 12 nitrogen and oxygen atoms in total. The van der Waals surface area contributed by atoms with Gasteiger partial charge in [0.1, 0.15) is 42.7 Å². The maximum atomic E-state index is 11.1. The SMILES string of the molecule is C[C@@H]1CC[C@@]2(OC1)O[C@H]1C[C@@H]3[C@@H]4CC[C@@H]5C[C@H](O[C@@H]6O[C@H](CO)[C@@H](O)[C@H](O)[C@H]6O[C@@H]6OC[C@H](O)[C@H](O)[C@H]6O)CC[C@@]5(C)[C@H]4CC[C@@]3(C)[C@H]1[C@@H]2C. The number of hydrogen-bond donors (Lipinski definition) is 6. The predicted octanol–water partition coefficient (Wildman–Crippen LogP) is 2.08. The third kappa shape index (κ3) is 5.68. The molecule has 1 spiro atoms. The van der Waals surface area contributed by atoms with Crippen LogP contribution in [0.25, 0.3) is 0 Å². The van der Waals surface area contributed by atoms with E-state index in [-0.39, 0.29) is 35.4 Å². The van der Waals surface area contributed by atoms with Gasteiger partial charge in [-0.25, -0.2) is 0 Å². The Morgan fingerprint density at radius 3 is 2.26 bits per heavy atom. The summed E-state index contributed by atoms with van der Waals surface area (Å²) >= 11 is 0. The smallest absolute Gasteiger partial charge is 0.187 e. The molecule has 0 unspecified atom stereocenters. The van der Waals surface area contributed by atoms with Crippen molar-refractivity contribution in [2.24, 2.45) is 52.3 Å². The van der Waals surface area contributed by atoms with Gasteiger partial charge in [-0.3, -0.25) is 0 Å². The zero-order chi connectivity index (χ0) is 35.3. The van der Waals surface area contributed by atoms with Crippen LogP contribution < -0.4 is 0 Å². The van der Waals surface area contributed by atoms with Crippen molar-refractivity contribution in [3.05, 3.63) is 0 Å². The minimum Gasteiger partial charge on any atom is -0.394 e. The number of hydrogen-bond acceptors (Lipinski definition) is 12. The first-order valence-electron chi connectivity index (χ1n) is 19.7. The van der Waals surface area contributed by atoms with Gasteiger partial charge in [-0.2, -0.15) is 0 Å². The molecule has 4 aliphatic carbocycles. The molecule has 4 aliphatic heterocycles. The Morgan fingerprint density at radius 2 is 1.52 bits per heavy atom. The molecular weight excluding hydrogens is 648 g/mol. The van der Waals surface area contributed by atoms with Crippen molar-refractivity contribution < 1.29 is 59.1 Å². The van der Waals surface area contributed by atoms with Crippen LogP contribution in [0, 0.1) is 52.3 Å². The summed E-state index contributed by atoms with van der Waals surface area (Å²) in [7, 11) is 0. The van der Waals surface area contributed by atoms with Crippen LogP contribution >= 0.6 is 0 Å². The monoisotopic (exact) mass is 710 g/mol. The van der Waals surface area contributed by atoms with Crippen LogP contribution in [-0.2, 0) is 28.4 Å². The van der Waals surface area contributed by atoms with E-state index in [0.717, 1.165) is 45.1 Å². The summed E-state index contributed by atoms with van der Waals surface area (Å²) in [4.78, 5) is 0. The Bertz CT molecular complexity index is 1210. The Labute approximate surface area is 296 Å². The third-order valence-corrected chi connectivity index (χ3v) is 15.8. The van der Waals surface area contributed by atoms with Crippen LogP contribution in [0.1, 0.15) is 91.9 Å². The Kier molecular flexibility index (Phi) is 9.76. The van der Waals surface area contributed by atoms with Gasteiger partial charge in [-0.05, 0) is 104 Å². The molecule has 0 aromatic carbocycles. The fourth-order valence-corrected chi connectivity index (χ4v) is 12.9. The second-order valence-electron chi connectivity index (χ2n) is 18.3. The minimum absolute atomic E-state index is 0.185. The molecule has 8 rings (SSSR count). The van der Waals surface area contributed by atoms with E-state index in [2.05, 4.69) is 27.7 Å². The summed E-state index contributed by atoms with van der Waals surface area (Å²) in [6.45, 7) is 9.79. The fraction of sp³-hybridized carbons (Fsp3) is 1.00. The van der Waals surface area contributed by atoms with Crippen LogP contribution in [0.4, 0.5) is 0 Å². The summed E-state index contributed by atoms with van der Waals surface area (Å²) in [5, 5.41) is 62.2. The molecule has 4 heterocycles. The predicted molar refractivity (Wildman–Crippen MR) is 177 cm³/mol. The van der Waals surface area contributed by atoms with Crippen molar-refractivity contribution in [3.63, 3.8) is 0 Å². The van der Waals surface area contributed by atoms with E-state index in [4.69, 9.17) is 28.4 Å². The van der Waals surface area contributed by atoms with Gasteiger partial charge in [0.15, 0.2) is 18.4 Å². The molecular formula is C38H62O12. The molecule has 4 saturated heterocycles. The lowest BCUT2D eigenvalue weighted by Gasteiger charge is -2.61. The van der Waals surface area contributed by atoms with Crippen molar-refractivity contribution in [1.29, 1.82) is 0 Å². The van der Waals surface area contributed by atoms with Crippen molar-refractivity contribution >= 4 is 0 Å². The van der Waals surface area contributed by atoms with Crippen LogP contribution in [0.15, 0.2) is 0 Å². The zero-order valence-electron chi connectivity index (χ0n) is 30.2. The van der Waals surface area contributed by atoms with Crippen molar-refractivity contribution in [3.8, 4) is 0 Å². The van der Waals surface area contributed by atoms with Gasteiger partial charge in [0.25, 0.3) is 0 Å². The average molecular weight is 711 g/mol. The molecule has 8 fully saturated rings. The van der Waals surface area contributed by atoms with Crippen LogP contribution in [0.2, 0.25) is 0 Å². The summed E-state index contributed by atoms with van der Waals surface area (Å²) in [6, 6.07) is 0. The topological polar surface area (TPSA) is 177 Å². The number of ether oxygens (including phenoxy) is 6.